The van der Waals surface area contributed by atoms with E-state index in [0.717, 1.165) is 0 Å². The van der Waals surface area contributed by atoms with Crippen LogP contribution in [-0.4, -0.2) is 18.4 Å². The molecular formula is C10H8BrClO3. The SMILES string of the molecule is CCOC(=O)C(=O)c1ccc(Br)c(Cl)c1. The van der Waals surface area contributed by atoms with Crippen molar-refractivity contribution in [2.24, 2.45) is 0 Å². The molecule has 1 aromatic carbocycles. The number of carbonyl (C=O) groups excluding carboxylic acids is 2. The molecule has 0 fully saturated rings. The molecule has 0 aliphatic rings. The van der Waals surface area contributed by atoms with Crippen molar-refractivity contribution in [3.8, 4) is 0 Å². The molecule has 0 unspecified atom stereocenters. The van der Waals surface area contributed by atoms with E-state index < -0.39 is 11.8 Å². The average molecular weight is 292 g/mol. The van der Waals surface area contributed by atoms with Gasteiger partial charge in [0, 0.05) is 10.0 Å². The molecule has 0 spiro atoms. The van der Waals surface area contributed by atoms with Gasteiger partial charge >= 0.3 is 5.97 Å². The van der Waals surface area contributed by atoms with Crippen LogP contribution < -0.4 is 0 Å². The number of Topliss-reactive ketones (excluding diaryl/α,β-unsaturated/α-hetero) is 1. The highest BCUT2D eigenvalue weighted by molar-refractivity contribution is 9.10. The molecule has 0 amide bonds. The molecular weight excluding hydrogens is 283 g/mol. The highest BCUT2D eigenvalue weighted by Gasteiger charge is 2.17. The van der Waals surface area contributed by atoms with Crippen LogP contribution in [0.2, 0.25) is 5.02 Å². The fraction of sp³-hybridized carbons (Fsp3) is 0.200. The van der Waals surface area contributed by atoms with Gasteiger partial charge in [-0.25, -0.2) is 4.79 Å². The largest absolute Gasteiger partial charge is 0.460 e. The van der Waals surface area contributed by atoms with Crippen molar-refractivity contribution in [2.75, 3.05) is 6.61 Å². The van der Waals surface area contributed by atoms with Gasteiger partial charge in [-0.1, -0.05) is 11.6 Å². The lowest BCUT2D eigenvalue weighted by atomic mass is 10.1. The highest BCUT2D eigenvalue weighted by atomic mass is 79.9. The third-order valence-electron chi connectivity index (χ3n) is 1.64. The van der Waals surface area contributed by atoms with Crippen molar-refractivity contribution in [3.63, 3.8) is 0 Å². The van der Waals surface area contributed by atoms with Crippen LogP contribution >= 0.6 is 27.5 Å². The zero-order valence-corrected chi connectivity index (χ0v) is 10.3. The Morgan fingerprint density at radius 3 is 2.67 bits per heavy atom. The standard InChI is InChI=1S/C10H8BrClO3/c1-2-15-10(14)9(13)6-3-4-7(11)8(12)5-6/h3-5H,2H2,1H3. The number of hydrogen-bond acceptors (Lipinski definition) is 3. The predicted molar refractivity (Wildman–Crippen MR) is 60.1 cm³/mol. The summed E-state index contributed by atoms with van der Waals surface area (Å²) in [6.07, 6.45) is 0. The van der Waals surface area contributed by atoms with Gasteiger partial charge in [0.2, 0.25) is 0 Å². The fourth-order valence-corrected chi connectivity index (χ4v) is 1.38. The summed E-state index contributed by atoms with van der Waals surface area (Å²) in [4.78, 5) is 22.6. The molecule has 1 rings (SSSR count). The maximum atomic E-state index is 11.4. The van der Waals surface area contributed by atoms with Crippen LogP contribution in [0.4, 0.5) is 0 Å². The van der Waals surface area contributed by atoms with E-state index in [1.807, 2.05) is 0 Å². The summed E-state index contributed by atoms with van der Waals surface area (Å²) < 4.78 is 5.26. The number of benzene rings is 1. The Labute approximate surface area is 100 Å². The molecule has 0 N–H and O–H groups in total. The van der Waals surface area contributed by atoms with E-state index in [4.69, 9.17) is 11.6 Å². The van der Waals surface area contributed by atoms with Crippen LogP contribution in [0, 0.1) is 0 Å². The third kappa shape index (κ3) is 3.04. The molecule has 15 heavy (non-hydrogen) atoms. The second-order valence-electron chi connectivity index (χ2n) is 2.68. The molecule has 0 heterocycles. The fourth-order valence-electron chi connectivity index (χ4n) is 0.952. The van der Waals surface area contributed by atoms with E-state index in [-0.39, 0.29) is 12.2 Å². The van der Waals surface area contributed by atoms with Crippen molar-refractivity contribution < 1.29 is 14.3 Å². The summed E-state index contributed by atoms with van der Waals surface area (Å²) in [7, 11) is 0. The summed E-state index contributed by atoms with van der Waals surface area (Å²) in [6.45, 7) is 1.81. The van der Waals surface area contributed by atoms with Crippen LogP contribution in [0.3, 0.4) is 0 Å². The minimum Gasteiger partial charge on any atom is -0.460 e. The minimum atomic E-state index is -0.865. The van der Waals surface area contributed by atoms with Crippen molar-refractivity contribution in [1.29, 1.82) is 0 Å². The summed E-state index contributed by atoms with van der Waals surface area (Å²) in [5.41, 5.74) is 0.224. The smallest absolute Gasteiger partial charge is 0.379 e. The molecule has 0 aromatic heterocycles. The molecule has 3 nitrogen and oxygen atoms in total. The first-order chi connectivity index (χ1) is 7.06. The Bertz CT molecular complexity index is 404. The van der Waals surface area contributed by atoms with Gasteiger partial charge in [0.05, 0.1) is 11.6 Å². The molecule has 0 radical (unpaired) electrons. The molecule has 0 saturated carbocycles. The van der Waals surface area contributed by atoms with Crippen LogP contribution in [-0.2, 0) is 9.53 Å². The van der Waals surface area contributed by atoms with Gasteiger partial charge in [-0.05, 0) is 41.1 Å². The molecule has 5 heteroatoms. The Morgan fingerprint density at radius 1 is 1.47 bits per heavy atom. The molecule has 0 atom stereocenters. The van der Waals surface area contributed by atoms with Crippen LogP contribution in [0.15, 0.2) is 22.7 Å². The van der Waals surface area contributed by atoms with Gasteiger partial charge in [0.1, 0.15) is 0 Å². The van der Waals surface area contributed by atoms with Gasteiger partial charge < -0.3 is 4.74 Å². The maximum Gasteiger partial charge on any atom is 0.379 e. The molecule has 0 aliphatic carbocycles. The van der Waals surface area contributed by atoms with Crippen LogP contribution in [0.5, 0.6) is 0 Å². The van der Waals surface area contributed by atoms with E-state index in [2.05, 4.69) is 20.7 Å². The number of esters is 1. The lowest BCUT2D eigenvalue weighted by Crippen LogP contribution is -2.17. The van der Waals surface area contributed by atoms with E-state index in [0.29, 0.717) is 9.50 Å². The number of ketones is 1. The minimum absolute atomic E-state index is 0.175. The predicted octanol–water partition coefficient (Wildman–Crippen LogP) is 2.85. The first kappa shape index (κ1) is 12.2. The Balaban J connectivity index is 2.92. The molecule has 0 saturated heterocycles. The van der Waals surface area contributed by atoms with Gasteiger partial charge in [-0.3, -0.25) is 4.79 Å². The third-order valence-corrected chi connectivity index (χ3v) is 2.88. The van der Waals surface area contributed by atoms with E-state index in [1.54, 1.807) is 13.0 Å². The first-order valence-corrected chi connectivity index (χ1v) is 5.40. The maximum absolute atomic E-state index is 11.4. The molecule has 0 aliphatic heterocycles. The average Bonchev–Trinajstić information content (AvgIpc) is 2.21. The van der Waals surface area contributed by atoms with Crippen molar-refractivity contribution in [2.45, 2.75) is 6.92 Å². The second-order valence-corrected chi connectivity index (χ2v) is 3.94. The van der Waals surface area contributed by atoms with Gasteiger partial charge in [0.15, 0.2) is 0 Å². The molecule has 1 aromatic rings. The summed E-state index contributed by atoms with van der Waals surface area (Å²) in [6, 6.07) is 4.54. The molecule has 80 valence electrons. The van der Waals surface area contributed by atoms with Crippen molar-refractivity contribution >= 4 is 39.3 Å². The second kappa shape index (κ2) is 5.28. The number of halogens is 2. The number of carbonyl (C=O) groups is 2. The van der Waals surface area contributed by atoms with Gasteiger partial charge in [-0.15, -0.1) is 0 Å². The lowest BCUT2D eigenvalue weighted by Gasteiger charge is -2.02. The van der Waals surface area contributed by atoms with Gasteiger partial charge in [0.25, 0.3) is 5.78 Å². The Morgan fingerprint density at radius 2 is 2.13 bits per heavy atom. The van der Waals surface area contributed by atoms with Gasteiger partial charge in [-0.2, -0.15) is 0 Å². The van der Waals surface area contributed by atoms with Crippen molar-refractivity contribution in [3.05, 3.63) is 33.3 Å². The number of rotatable bonds is 3. The van der Waals surface area contributed by atoms with E-state index in [9.17, 15) is 9.59 Å². The normalized spacial score (nSPS) is 9.80. The quantitative estimate of drug-likeness (QED) is 0.488. The zero-order valence-electron chi connectivity index (χ0n) is 7.92. The summed E-state index contributed by atoms with van der Waals surface area (Å²) in [5.74, 6) is -1.55. The van der Waals surface area contributed by atoms with E-state index in [1.165, 1.54) is 12.1 Å². The molecule has 0 bridgehead atoms. The van der Waals surface area contributed by atoms with Crippen molar-refractivity contribution in [1.82, 2.24) is 0 Å². The topological polar surface area (TPSA) is 43.4 Å². The first-order valence-electron chi connectivity index (χ1n) is 4.22. The monoisotopic (exact) mass is 290 g/mol. The summed E-state index contributed by atoms with van der Waals surface area (Å²) >= 11 is 8.98. The Kier molecular flexibility index (Phi) is 4.29. The zero-order chi connectivity index (χ0) is 11.4. The van der Waals surface area contributed by atoms with E-state index >= 15 is 0 Å². The Hall–Kier alpha value is -0.870. The van der Waals surface area contributed by atoms with Crippen LogP contribution in [0.1, 0.15) is 17.3 Å². The highest BCUT2D eigenvalue weighted by Crippen LogP contribution is 2.23. The lowest BCUT2D eigenvalue weighted by molar-refractivity contribution is -0.137. The summed E-state index contributed by atoms with van der Waals surface area (Å²) in [5, 5.41) is 0.380. The van der Waals surface area contributed by atoms with Crippen LogP contribution in [0.25, 0.3) is 0 Å². The number of hydrogen-bond donors (Lipinski definition) is 0. The number of ether oxygens (including phenoxy) is 1.